The van der Waals surface area contributed by atoms with Gasteiger partial charge in [-0.2, -0.15) is 0 Å². The maximum atomic E-state index is 6.02. The molecule has 3 aromatic rings. The number of nitrogen functional groups attached to an aromatic ring is 1. The van der Waals surface area contributed by atoms with E-state index in [4.69, 9.17) is 10.2 Å². The molecule has 2 aromatic carbocycles. The Balaban J connectivity index is 2.07. The van der Waals surface area contributed by atoms with Gasteiger partial charge in [-0.3, -0.25) is 0 Å². The first-order valence-electron chi connectivity index (χ1n) is 5.85. The van der Waals surface area contributed by atoms with Gasteiger partial charge in [0.25, 0.3) is 0 Å². The molecule has 18 heavy (non-hydrogen) atoms. The molecular weight excluding hydrogens is 222 g/mol. The minimum atomic E-state index is 0.667. The zero-order chi connectivity index (χ0) is 12.4. The Morgan fingerprint density at radius 1 is 0.722 bits per heavy atom. The quantitative estimate of drug-likeness (QED) is 0.723. The van der Waals surface area contributed by atoms with Crippen LogP contribution in [0, 0.1) is 0 Å². The minimum Gasteiger partial charge on any atom is -0.454 e. The summed E-state index contributed by atoms with van der Waals surface area (Å²) in [5.41, 5.74) is 8.71. The van der Waals surface area contributed by atoms with Crippen LogP contribution >= 0.6 is 0 Å². The van der Waals surface area contributed by atoms with E-state index < -0.39 is 0 Å². The zero-order valence-corrected chi connectivity index (χ0v) is 9.84. The maximum Gasteiger partial charge on any atom is 0.157 e. The van der Waals surface area contributed by atoms with Crippen LogP contribution in [0.2, 0.25) is 0 Å². The fourth-order valence-corrected chi connectivity index (χ4v) is 1.96. The van der Waals surface area contributed by atoms with Crippen molar-refractivity contribution in [3.8, 4) is 22.6 Å². The van der Waals surface area contributed by atoms with Gasteiger partial charge < -0.3 is 10.2 Å². The van der Waals surface area contributed by atoms with Gasteiger partial charge in [0.05, 0.1) is 5.69 Å². The van der Waals surface area contributed by atoms with Crippen LogP contribution in [0.5, 0.6) is 0 Å². The third kappa shape index (κ3) is 1.89. The lowest BCUT2D eigenvalue weighted by molar-refractivity contribution is 0.598. The number of benzene rings is 2. The molecule has 0 amide bonds. The van der Waals surface area contributed by atoms with E-state index in [1.165, 1.54) is 0 Å². The van der Waals surface area contributed by atoms with Gasteiger partial charge in [0, 0.05) is 17.2 Å². The van der Waals surface area contributed by atoms with Crippen molar-refractivity contribution in [2.24, 2.45) is 0 Å². The number of anilines is 1. The fraction of sp³-hybridized carbons (Fsp3) is 0. The Bertz CT molecular complexity index is 641. The summed E-state index contributed by atoms with van der Waals surface area (Å²) < 4.78 is 5.86. The lowest BCUT2D eigenvalue weighted by atomic mass is 10.1. The van der Waals surface area contributed by atoms with Crippen molar-refractivity contribution in [3.63, 3.8) is 0 Å². The molecule has 0 unspecified atom stereocenters. The van der Waals surface area contributed by atoms with Crippen LogP contribution in [0.1, 0.15) is 0 Å². The molecule has 3 rings (SSSR count). The van der Waals surface area contributed by atoms with Gasteiger partial charge in [-0.25, -0.2) is 0 Å². The summed E-state index contributed by atoms with van der Waals surface area (Å²) >= 11 is 0. The van der Waals surface area contributed by atoms with Crippen molar-refractivity contribution in [1.29, 1.82) is 0 Å². The van der Waals surface area contributed by atoms with Crippen LogP contribution < -0.4 is 5.73 Å². The van der Waals surface area contributed by atoms with Gasteiger partial charge in [-0.05, 0) is 0 Å². The predicted octanol–water partition coefficient (Wildman–Crippen LogP) is 4.20. The first kappa shape index (κ1) is 10.7. The Labute approximate surface area is 106 Å². The highest BCUT2D eigenvalue weighted by molar-refractivity contribution is 5.76. The van der Waals surface area contributed by atoms with E-state index in [1.54, 1.807) is 0 Å². The van der Waals surface area contributed by atoms with Gasteiger partial charge in [0.1, 0.15) is 5.76 Å². The molecule has 2 nitrogen and oxygen atoms in total. The van der Waals surface area contributed by atoms with Crippen LogP contribution in [0.4, 0.5) is 5.69 Å². The van der Waals surface area contributed by atoms with Crippen LogP contribution in [0.3, 0.4) is 0 Å². The molecule has 0 aliphatic rings. The number of rotatable bonds is 2. The highest BCUT2D eigenvalue weighted by atomic mass is 16.3. The van der Waals surface area contributed by atoms with Gasteiger partial charge >= 0.3 is 0 Å². The van der Waals surface area contributed by atoms with Crippen molar-refractivity contribution in [2.45, 2.75) is 0 Å². The number of hydrogen-bond acceptors (Lipinski definition) is 2. The van der Waals surface area contributed by atoms with E-state index in [9.17, 15) is 0 Å². The van der Waals surface area contributed by atoms with Crippen molar-refractivity contribution in [1.82, 2.24) is 0 Å². The van der Waals surface area contributed by atoms with E-state index in [-0.39, 0.29) is 0 Å². The Morgan fingerprint density at radius 2 is 1.28 bits per heavy atom. The molecule has 0 aliphatic carbocycles. The molecule has 2 heteroatoms. The minimum absolute atomic E-state index is 0.667. The maximum absolute atomic E-state index is 6.02. The molecule has 0 bridgehead atoms. The average molecular weight is 235 g/mol. The molecule has 1 aromatic heterocycles. The largest absolute Gasteiger partial charge is 0.454 e. The van der Waals surface area contributed by atoms with Gasteiger partial charge in [-0.1, -0.05) is 60.7 Å². The molecule has 1 heterocycles. The van der Waals surface area contributed by atoms with E-state index >= 15 is 0 Å². The van der Waals surface area contributed by atoms with Crippen LogP contribution in [0.15, 0.2) is 71.1 Å². The molecule has 0 saturated heterocycles. The standard InChI is InChI=1S/C16H13NO/c17-14-11-15(12-7-3-1-4-8-12)18-16(14)13-9-5-2-6-10-13/h1-11H,17H2. The van der Waals surface area contributed by atoms with Crippen molar-refractivity contribution >= 4 is 5.69 Å². The van der Waals surface area contributed by atoms with Crippen LogP contribution in [-0.4, -0.2) is 0 Å². The van der Waals surface area contributed by atoms with Gasteiger partial charge in [-0.15, -0.1) is 0 Å². The second-order valence-electron chi connectivity index (χ2n) is 4.13. The SMILES string of the molecule is Nc1cc(-c2ccccc2)oc1-c1ccccc1. The molecule has 0 fully saturated rings. The molecular formula is C16H13NO. The number of hydrogen-bond donors (Lipinski definition) is 1. The summed E-state index contributed by atoms with van der Waals surface area (Å²) in [6, 6.07) is 21.7. The molecule has 0 aliphatic heterocycles. The van der Waals surface area contributed by atoms with Crippen molar-refractivity contribution in [3.05, 3.63) is 66.7 Å². The number of nitrogens with two attached hydrogens (primary N) is 1. The second-order valence-corrected chi connectivity index (χ2v) is 4.13. The predicted molar refractivity (Wildman–Crippen MR) is 74.0 cm³/mol. The fourth-order valence-electron chi connectivity index (χ4n) is 1.96. The highest BCUT2D eigenvalue weighted by Crippen LogP contribution is 2.33. The Hall–Kier alpha value is -2.48. The highest BCUT2D eigenvalue weighted by Gasteiger charge is 2.11. The van der Waals surface area contributed by atoms with Crippen LogP contribution in [-0.2, 0) is 0 Å². The molecule has 2 N–H and O–H groups in total. The summed E-state index contributed by atoms with van der Waals surface area (Å²) in [4.78, 5) is 0. The normalized spacial score (nSPS) is 10.4. The van der Waals surface area contributed by atoms with Crippen molar-refractivity contribution in [2.75, 3.05) is 5.73 Å². The van der Waals surface area contributed by atoms with E-state index in [0.29, 0.717) is 5.69 Å². The Morgan fingerprint density at radius 3 is 1.89 bits per heavy atom. The Kier molecular flexibility index (Phi) is 2.61. The summed E-state index contributed by atoms with van der Waals surface area (Å²) in [6.45, 7) is 0. The molecule has 0 spiro atoms. The summed E-state index contributed by atoms with van der Waals surface area (Å²) in [7, 11) is 0. The summed E-state index contributed by atoms with van der Waals surface area (Å²) in [5, 5.41) is 0. The van der Waals surface area contributed by atoms with Gasteiger partial charge in [0.15, 0.2) is 5.76 Å². The third-order valence-corrected chi connectivity index (χ3v) is 2.86. The lowest BCUT2D eigenvalue weighted by Gasteiger charge is -1.98. The first-order chi connectivity index (χ1) is 8.84. The molecule has 88 valence electrons. The van der Waals surface area contributed by atoms with E-state index in [2.05, 4.69) is 0 Å². The third-order valence-electron chi connectivity index (χ3n) is 2.86. The monoisotopic (exact) mass is 235 g/mol. The van der Waals surface area contributed by atoms with Crippen molar-refractivity contribution < 1.29 is 4.42 Å². The number of furan rings is 1. The summed E-state index contributed by atoms with van der Waals surface area (Å²) in [6.07, 6.45) is 0. The second kappa shape index (κ2) is 4.41. The van der Waals surface area contributed by atoms with Gasteiger partial charge in [0.2, 0.25) is 0 Å². The summed E-state index contributed by atoms with van der Waals surface area (Å²) in [5.74, 6) is 1.53. The smallest absolute Gasteiger partial charge is 0.157 e. The molecule has 0 atom stereocenters. The average Bonchev–Trinajstić information content (AvgIpc) is 2.83. The topological polar surface area (TPSA) is 39.2 Å². The first-order valence-corrected chi connectivity index (χ1v) is 5.85. The lowest BCUT2D eigenvalue weighted by Crippen LogP contribution is -1.83. The van der Waals surface area contributed by atoms with E-state index in [1.807, 2.05) is 66.7 Å². The van der Waals surface area contributed by atoms with Crippen LogP contribution in [0.25, 0.3) is 22.6 Å². The zero-order valence-electron chi connectivity index (χ0n) is 9.84. The molecule has 0 radical (unpaired) electrons. The van der Waals surface area contributed by atoms with E-state index in [0.717, 1.165) is 22.6 Å². The molecule has 0 saturated carbocycles.